The molecule has 3 N–H and O–H groups in total. The average molecular weight is 479 g/mol. The van der Waals surface area contributed by atoms with Gasteiger partial charge in [0, 0.05) is 12.2 Å². The summed E-state index contributed by atoms with van der Waals surface area (Å²) in [7, 11) is 0. The van der Waals surface area contributed by atoms with Crippen molar-refractivity contribution in [3.63, 3.8) is 0 Å². The molecule has 1 saturated carbocycles. The number of alkyl halides is 2. The standard InChI is InChI=1S/C22H25ClF2N6O2/c1-11-3-5-13(6-4-11)27-20(32)14-9-15-19(30-21(14)33-10-16(24)25)31-22(28-15)29-17-12(2)7-8-26-18(17)23/h7-9,11,13,16H,3-6,10H2,1-2H3,(H,27,32)(H2,28,29,30,31)/t11-,13-. The number of aromatic nitrogens is 4. The highest BCUT2D eigenvalue weighted by Crippen LogP contribution is 2.29. The van der Waals surface area contributed by atoms with Crippen molar-refractivity contribution >= 4 is 40.3 Å². The second kappa shape index (κ2) is 9.86. The summed E-state index contributed by atoms with van der Waals surface area (Å²) in [6.45, 7) is 3.18. The quantitative estimate of drug-likeness (QED) is 0.412. The first-order chi connectivity index (χ1) is 15.8. The third-order valence-electron chi connectivity index (χ3n) is 5.73. The molecule has 0 saturated heterocycles. The molecule has 11 heteroatoms. The third-order valence-corrected chi connectivity index (χ3v) is 6.02. The Kier molecular flexibility index (Phi) is 6.92. The summed E-state index contributed by atoms with van der Waals surface area (Å²) in [4.78, 5) is 28.7. The molecule has 4 rings (SSSR count). The molecule has 0 unspecified atom stereocenters. The monoisotopic (exact) mass is 478 g/mol. The minimum Gasteiger partial charge on any atom is -0.471 e. The van der Waals surface area contributed by atoms with Crippen molar-refractivity contribution in [1.82, 2.24) is 25.3 Å². The number of ether oxygens (including phenoxy) is 1. The summed E-state index contributed by atoms with van der Waals surface area (Å²) in [5.41, 5.74) is 2.14. The second-order valence-corrected chi connectivity index (χ2v) is 8.70. The van der Waals surface area contributed by atoms with E-state index in [-0.39, 0.29) is 28.3 Å². The number of halogens is 3. The van der Waals surface area contributed by atoms with Crippen molar-refractivity contribution in [2.45, 2.75) is 52.0 Å². The summed E-state index contributed by atoms with van der Waals surface area (Å²) in [5.74, 6) is 0.356. The number of amides is 1. The van der Waals surface area contributed by atoms with Gasteiger partial charge in [-0.05, 0) is 56.2 Å². The van der Waals surface area contributed by atoms with Crippen LogP contribution in [-0.4, -0.2) is 44.9 Å². The summed E-state index contributed by atoms with van der Waals surface area (Å²) in [6.07, 6.45) is 2.69. The van der Waals surface area contributed by atoms with Gasteiger partial charge in [-0.15, -0.1) is 0 Å². The molecule has 0 aromatic carbocycles. The van der Waals surface area contributed by atoms with Crippen LogP contribution in [0.15, 0.2) is 18.3 Å². The van der Waals surface area contributed by atoms with Crippen LogP contribution in [0.1, 0.15) is 48.5 Å². The Hall–Kier alpha value is -3.01. The number of anilines is 2. The van der Waals surface area contributed by atoms with Gasteiger partial charge >= 0.3 is 0 Å². The predicted octanol–water partition coefficient (Wildman–Crippen LogP) is 5.01. The molecule has 1 aliphatic carbocycles. The maximum atomic E-state index is 13.0. The molecule has 8 nitrogen and oxygen atoms in total. The van der Waals surface area contributed by atoms with Crippen LogP contribution in [0.25, 0.3) is 11.2 Å². The third kappa shape index (κ3) is 5.50. The molecule has 33 heavy (non-hydrogen) atoms. The van der Waals surface area contributed by atoms with Crippen molar-refractivity contribution in [3.8, 4) is 5.88 Å². The second-order valence-electron chi connectivity index (χ2n) is 8.35. The van der Waals surface area contributed by atoms with Gasteiger partial charge in [0.15, 0.2) is 17.4 Å². The summed E-state index contributed by atoms with van der Waals surface area (Å²) >= 11 is 6.17. The van der Waals surface area contributed by atoms with E-state index in [1.54, 1.807) is 12.3 Å². The van der Waals surface area contributed by atoms with Crippen LogP contribution in [-0.2, 0) is 0 Å². The number of pyridine rings is 2. The zero-order valence-electron chi connectivity index (χ0n) is 18.3. The van der Waals surface area contributed by atoms with Gasteiger partial charge in [0.05, 0.1) is 5.69 Å². The topological polar surface area (TPSA) is 105 Å². The highest BCUT2D eigenvalue weighted by Gasteiger charge is 2.24. The lowest BCUT2D eigenvalue weighted by molar-refractivity contribution is 0.0770. The first kappa shape index (κ1) is 23.2. The van der Waals surface area contributed by atoms with Gasteiger partial charge in [-0.3, -0.25) is 4.79 Å². The van der Waals surface area contributed by atoms with Crippen molar-refractivity contribution in [2.24, 2.45) is 5.92 Å². The normalized spacial score (nSPS) is 18.5. The van der Waals surface area contributed by atoms with E-state index in [1.165, 1.54) is 6.07 Å². The van der Waals surface area contributed by atoms with E-state index in [0.717, 1.165) is 31.2 Å². The number of hydrogen-bond acceptors (Lipinski definition) is 6. The average Bonchev–Trinajstić information content (AvgIpc) is 3.17. The van der Waals surface area contributed by atoms with Crippen LogP contribution in [0.5, 0.6) is 5.88 Å². The van der Waals surface area contributed by atoms with Crippen LogP contribution >= 0.6 is 11.6 Å². The molecule has 1 fully saturated rings. The molecule has 0 bridgehead atoms. The van der Waals surface area contributed by atoms with E-state index < -0.39 is 18.9 Å². The van der Waals surface area contributed by atoms with Gasteiger partial charge in [0.1, 0.15) is 11.1 Å². The van der Waals surface area contributed by atoms with Crippen LogP contribution in [0, 0.1) is 12.8 Å². The fourth-order valence-electron chi connectivity index (χ4n) is 3.86. The van der Waals surface area contributed by atoms with Crippen molar-refractivity contribution in [1.29, 1.82) is 0 Å². The molecule has 176 valence electrons. The molecule has 0 radical (unpaired) electrons. The fourth-order valence-corrected chi connectivity index (χ4v) is 4.11. The van der Waals surface area contributed by atoms with E-state index in [9.17, 15) is 13.6 Å². The number of aromatic amines is 1. The first-order valence-corrected chi connectivity index (χ1v) is 11.2. The van der Waals surface area contributed by atoms with Crippen molar-refractivity contribution in [3.05, 3.63) is 34.6 Å². The van der Waals surface area contributed by atoms with E-state index in [0.29, 0.717) is 23.1 Å². The molecule has 0 spiro atoms. The number of nitrogens with zero attached hydrogens (tertiary/aromatic N) is 3. The molecule has 0 aliphatic heterocycles. The van der Waals surface area contributed by atoms with Gasteiger partial charge in [-0.25, -0.2) is 18.7 Å². The van der Waals surface area contributed by atoms with Crippen LogP contribution in [0.3, 0.4) is 0 Å². The number of H-pyrrole nitrogens is 1. The Morgan fingerprint density at radius 1 is 1.30 bits per heavy atom. The van der Waals surface area contributed by atoms with Gasteiger partial charge < -0.3 is 20.4 Å². The van der Waals surface area contributed by atoms with E-state index in [2.05, 4.69) is 37.5 Å². The first-order valence-electron chi connectivity index (χ1n) is 10.8. The maximum absolute atomic E-state index is 13.0. The maximum Gasteiger partial charge on any atom is 0.272 e. The zero-order chi connectivity index (χ0) is 23.5. The number of imidazole rings is 1. The van der Waals surface area contributed by atoms with Gasteiger partial charge in [-0.1, -0.05) is 18.5 Å². The smallest absolute Gasteiger partial charge is 0.272 e. The number of carbonyl (C=O) groups is 1. The van der Waals surface area contributed by atoms with Gasteiger partial charge in [0.2, 0.25) is 11.8 Å². The minimum absolute atomic E-state index is 0.0273. The molecule has 3 aromatic rings. The van der Waals surface area contributed by atoms with E-state index in [4.69, 9.17) is 16.3 Å². The Morgan fingerprint density at radius 3 is 2.76 bits per heavy atom. The molecular weight excluding hydrogens is 454 g/mol. The highest BCUT2D eigenvalue weighted by molar-refractivity contribution is 6.32. The van der Waals surface area contributed by atoms with Crippen LogP contribution in [0.2, 0.25) is 5.15 Å². The van der Waals surface area contributed by atoms with Gasteiger partial charge in [0.25, 0.3) is 12.3 Å². The lowest BCUT2D eigenvalue weighted by atomic mass is 9.87. The van der Waals surface area contributed by atoms with Crippen molar-refractivity contribution < 1.29 is 18.3 Å². The van der Waals surface area contributed by atoms with Crippen LogP contribution in [0.4, 0.5) is 20.4 Å². The number of fused-ring (bicyclic) bond motifs is 1. The molecule has 3 heterocycles. The fraction of sp³-hybridized carbons (Fsp3) is 0.455. The lowest BCUT2D eigenvalue weighted by Crippen LogP contribution is -2.37. The van der Waals surface area contributed by atoms with E-state index >= 15 is 0 Å². The number of hydrogen-bond donors (Lipinski definition) is 3. The minimum atomic E-state index is -2.70. The van der Waals surface area contributed by atoms with Crippen LogP contribution < -0.4 is 15.4 Å². The summed E-state index contributed by atoms with van der Waals surface area (Å²) in [6, 6.07) is 3.31. The zero-order valence-corrected chi connectivity index (χ0v) is 19.0. The van der Waals surface area contributed by atoms with E-state index in [1.807, 2.05) is 6.92 Å². The Balaban J connectivity index is 1.62. The SMILES string of the molecule is Cc1ccnc(Cl)c1Nc1nc2cc(C(=O)N[C@H]3CC[C@H](C)CC3)c(OCC(F)F)nc2[nH]1. The Morgan fingerprint density at radius 2 is 2.06 bits per heavy atom. The Bertz CT molecular complexity index is 1130. The summed E-state index contributed by atoms with van der Waals surface area (Å²) < 4.78 is 30.8. The molecule has 0 atom stereocenters. The number of aryl methyl sites for hydroxylation is 1. The summed E-state index contributed by atoms with van der Waals surface area (Å²) in [5, 5.41) is 6.31. The van der Waals surface area contributed by atoms with Crippen molar-refractivity contribution in [2.75, 3.05) is 11.9 Å². The highest BCUT2D eigenvalue weighted by atomic mass is 35.5. The number of nitrogens with one attached hydrogen (secondary N) is 3. The molecule has 1 amide bonds. The van der Waals surface area contributed by atoms with Gasteiger partial charge in [-0.2, -0.15) is 4.98 Å². The molecular formula is C22H25ClF2N6O2. The number of carbonyl (C=O) groups excluding carboxylic acids is 1. The lowest BCUT2D eigenvalue weighted by Gasteiger charge is -2.27. The molecule has 3 aromatic heterocycles. The predicted molar refractivity (Wildman–Crippen MR) is 122 cm³/mol. The Labute approximate surface area is 194 Å². The molecule has 1 aliphatic rings. The largest absolute Gasteiger partial charge is 0.471 e. The number of rotatable bonds is 7.